The van der Waals surface area contributed by atoms with Crippen LogP contribution in [0.4, 0.5) is 0 Å². The molecule has 1 aromatic rings. The van der Waals surface area contributed by atoms with Gasteiger partial charge in [0.2, 0.25) is 0 Å². The lowest BCUT2D eigenvalue weighted by atomic mass is 9.89. The average molecular weight is 378 g/mol. The van der Waals surface area contributed by atoms with Crippen LogP contribution in [0, 0.1) is 11.8 Å². The summed E-state index contributed by atoms with van der Waals surface area (Å²) in [5, 5.41) is 39.2. The van der Waals surface area contributed by atoms with Crippen LogP contribution in [0.1, 0.15) is 44.3 Å². The molecular weight excluding hydrogens is 348 g/mol. The Kier molecular flexibility index (Phi) is 8.78. The predicted octanol–water partition coefficient (Wildman–Crippen LogP) is 2.69. The monoisotopic (exact) mass is 378 g/mol. The van der Waals surface area contributed by atoms with Crippen molar-refractivity contribution in [3.05, 3.63) is 48.5 Å². The Labute approximate surface area is 159 Å². The summed E-state index contributed by atoms with van der Waals surface area (Å²) in [6.45, 7) is 0. The van der Waals surface area contributed by atoms with Crippen molar-refractivity contribution < 1.29 is 29.6 Å². The molecule has 150 valence electrons. The number of carbonyl (C=O) groups is 1. The number of allylic oxidation sites excluding steroid dienone is 2. The molecular formula is C21H30O6. The van der Waals surface area contributed by atoms with Crippen molar-refractivity contribution >= 4 is 5.97 Å². The van der Waals surface area contributed by atoms with Crippen molar-refractivity contribution in [3.8, 4) is 0 Å². The fourth-order valence-electron chi connectivity index (χ4n) is 3.55. The van der Waals surface area contributed by atoms with Crippen molar-refractivity contribution in [2.24, 2.45) is 11.8 Å². The van der Waals surface area contributed by atoms with Gasteiger partial charge >= 0.3 is 5.97 Å². The maximum absolute atomic E-state index is 10.5. The quantitative estimate of drug-likeness (QED) is 0.348. The van der Waals surface area contributed by atoms with Crippen LogP contribution in [0.15, 0.2) is 47.1 Å². The first-order chi connectivity index (χ1) is 13.0. The molecule has 1 saturated carbocycles. The van der Waals surface area contributed by atoms with E-state index in [1.54, 1.807) is 12.3 Å². The van der Waals surface area contributed by atoms with E-state index >= 15 is 0 Å². The molecule has 1 aliphatic carbocycles. The molecule has 1 aliphatic rings. The van der Waals surface area contributed by atoms with E-state index in [4.69, 9.17) is 9.52 Å². The number of hydrogen-bond acceptors (Lipinski definition) is 5. The first-order valence-electron chi connectivity index (χ1n) is 9.59. The zero-order valence-corrected chi connectivity index (χ0v) is 15.5. The number of rotatable bonds is 11. The largest absolute Gasteiger partial charge is 0.481 e. The third kappa shape index (κ3) is 7.33. The second kappa shape index (κ2) is 11.1. The highest BCUT2D eigenvalue weighted by Gasteiger charge is 2.39. The average Bonchev–Trinajstić information content (AvgIpc) is 3.22. The van der Waals surface area contributed by atoms with E-state index in [2.05, 4.69) is 0 Å². The van der Waals surface area contributed by atoms with Crippen LogP contribution in [-0.4, -0.2) is 44.7 Å². The van der Waals surface area contributed by atoms with E-state index in [9.17, 15) is 20.1 Å². The lowest BCUT2D eigenvalue weighted by Gasteiger charge is -2.19. The SMILES string of the molecule is O=C(O)CCC/C=C\C[C@@H]1[C@@H](/C=C/[C@@H](O)CCc2ccco2)[C@H](O)C[C@@H]1O. The first kappa shape index (κ1) is 21.4. The van der Waals surface area contributed by atoms with Gasteiger partial charge in [-0.05, 0) is 43.7 Å². The highest BCUT2D eigenvalue weighted by Crippen LogP contribution is 2.36. The van der Waals surface area contributed by atoms with Crippen LogP contribution in [0.3, 0.4) is 0 Å². The summed E-state index contributed by atoms with van der Waals surface area (Å²) in [6, 6.07) is 3.68. The molecule has 6 nitrogen and oxygen atoms in total. The molecule has 0 aromatic carbocycles. The van der Waals surface area contributed by atoms with E-state index in [1.807, 2.05) is 30.4 Å². The molecule has 0 saturated heterocycles. The second-order valence-corrected chi connectivity index (χ2v) is 7.17. The van der Waals surface area contributed by atoms with E-state index in [0.29, 0.717) is 38.5 Å². The number of unbranched alkanes of at least 4 members (excludes halogenated alkanes) is 1. The molecule has 0 radical (unpaired) electrons. The van der Waals surface area contributed by atoms with E-state index < -0.39 is 24.3 Å². The fraction of sp³-hybridized carbons (Fsp3) is 0.571. The minimum absolute atomic E-state index is 0.107. The lowest BCUT2D eigenvalue weighted by Crippen LogP contribution is -2.20. The summed E-state index contributed by atoms with van der Waals surface area (Å²) in [7, 11) is 0. The van der Waals surface area contributed by atoms with Crippen LogP contribution in [0.25, 0.3) is 0 Å². The van der Waals surface area contributed by atoms with Crippen molar-refractivity contribution in [2.75, 3.05) is 0 Å². The molecule has 1 aromatic heterocycles. The number of aliphatic hydroxyl groups is 3. The molecule has 4 N–H and O–H groups in total. The Morgan fingerprint density at radius 2 is 2.11 bits per heavy atom. The normalized spacial score (nSPS) is 26.9. The van der Waals surface area contributed by atoms with E-state index in [1.165, 1.54) is 0 Å². The Morgan fingerprint density at radius 1 is 1.30 bits per heavy atom. The van der Waals surface area contributed by atoms with E-state index in [0.717, 1.165) is 5.76 Å². The molecule has 1 fully saturated rings. The summed E-state index contributed by atoms with van der Waals surface area (Å²) < 4.78 is 5.25. The fourth-order valence-corrected chi connectivity index (χ4v) is 3.55. The highest BCUT2D eigenvalue weighted by molar-refractivity contribution is 5.66. The van der Waals surface area contributed by atoms with Crippen molar-refractivity contribution in [2.45, 2.75) is 63.3 Å². The summed E-state index contributed by atoms with van der Waals surface area (Å²) >= 11 is 0. The zero-order chi connectivity index (χ0) is 19.6. The zero-order valence-electron chi connectivity index (χ0n) is 15.5. The Bertz CT molecular complexity index is 606. The van der Waals surface area contributed by atoms with Gasteiger partial charge in [0.05, 0.1) is 24.6 Å². The molecule has 0 unspecified atom stereocenters. The number of aliphatic carboxylic acids is 1. The molecule has 5 atom stereocenters. The van der Waals surface area contributed by atoms with Crippen LogP contribution in [-0.2, 0) is 11.2 Å². The Hall–Kier alpha value is -1.89. The molecule has 0 spiro atoms. The van der Waals surface area contributed by atoms with Gasteiger partial charge in [-0.2, -0.15) is 0 Å². The van der Waals surface area contributed by atoms with Gasteiger partial charge in [0.15, 0.2) is 0 Å². The Morgan fingerprint density at radius 3 is 2.81 bits per heavy atom. The molecule has 0 bridgehead atoms. The van der Waals surface area contributed by atoms with Gasteiger partial charge in [0, 0.05) is 25.2 Å². The van der Waals surface area contributed by atoms with Gasteiger partial charge in [0.25, 0.3) is 0 Å². The number of carboxylic acids is 1. The predicted molar refractivity (Wildman–Crippen MR) is 101 cm³/mol. The number of hydrogen-bond donors (Lipinski definition) is 4. The number of aliphatic hydroxyl groups excluding tert-OH is 3. The van der Waals surface area contributed by atoms with Gasteiger partial charge in [-0.1, -0.05) is 24.3 Å². The van der Waals surface area contributed by atoms with Gasteiger partial charge in [-0.25, -0.2) is 0 Å². The third-order valence-corrected chi connectivity index (χ3v) is 5.07. The standard InChI is InChI=1S/C21H30O6/c22-15(9-11-16-6-5-13-27-16)10-12-18-17(19(23)14-20(18)24)7-3-1-2-4-8-21(25)26/h1,3,5-6,10,12-13,15,17-20,22-24H,2,4,7-9,11,14H2,(H,25,26)/b3-1-,12-10+/t15-,17+,18+,19-,20+/m0/s1. The van der Waals surface area contributed by atoms with Crippen molar-refractivity contribution in [1.29, 1.82) is 0 Å². The molecule has 1 heterocycles. The minimum atomic E-state index is -0.798. The maximum Gasteiger partial charge on any atom is 0.303 e. The van der Waals surface area contributed by atoms with Gasteiger partial charge < -0.3 is 24.8 Å². The first-order valence-corrected chi connectivity index (χ1v) is 9.59. The van der Waals surface area contributed by atoms with Crippen molar-refractivity contribution in [1.82, 2.24) is 0 Å². The molecule has 27 heavy (non-hydrogen) atoms. The summed E-state index contributed by atoms with van der Waals surface area (Å²) in [5.74, 6) is -0.288. The third-order valence-electron chi connectivity index (χ3n) is 5.07. The smallest absolute Gasteiger partial charge is 0.303 e. The molecule has 6 heteroatoms. The molecule has 0 amide bonds. The summed E-state index contributed by atoms with van der Waals surface area (Å²) in [6.07, 6.45) is 10.7. The number of aryl methyl sites for hydroxylation is 1. The highest BCUT2D eigenvalue weighted by atomic mass is 16.4. The molecule has 2 rings (SSSR count). The van der Waals surface area contributed by atoms with Crippen LogP contribution >= 0.6 is 0 Å². The van der Waals surface area contributed by atoms with Crippen LogP contribution in [0.2, 0.25) is 0 Å². The van der Waals surface area contributed by atoms with Gasteiger partial charge in [-0.3, -0.25) is 4.79 Å². The summed E-state index contributed by atoms with van der Waals surface area (Å²) in [5.41, 5.74) is 0. The maximum atomic E-state index is 10.5. The number of carboxylic acid groups (broad SMARTS) is 1. The summed E-state index contributed by atoms with van der Waals surface area (Å²) in [4.78, 5) is 10.5. The van der Waals surface area contributed by atoms with Crippen molar-refractivity contribution in [3.63, 3.8) is 0 Å². The lowest BCUT2D eigenvalue weighted by molar-refractivity contribution is -0.137. The topological polar surface area (TPSA) is 111 Å². The number of furan rings is 1. The van der Waals surface area contributed by atoms with Crippen LogP contribution < -0.4 is 0 Å². The second-order valence-electron chi connectivity index (χ2n) is 7.17. The Balaban J connectivity index is 1.81. The molecule has 0 aliphatic heterocycles. The van der Waals surface area contributed by atoms with Gasteiger partial charge in [-0.15, -0.1) is 0 Å². The van der Waals surface area contributed by atoms with E-state index in [-0.39, 0.29) is 18.3 Å². The minimum Gasteiger partial charge on any atom is -0.481 e. The van der Waals surface area contributed by atoms with Crippen LogP contribution in [0.5, 0.6) is 0 Å². The van der Waals surface area contributed by atoms with Gasteiger partial charge in [0.1, 0.15) is 5.76 Å².